The van der Waals surface area contributed by atoms with Crippen molar-refractivity contribution in [1.29, 1.82) is 0 Å². The van der Waals surface area contributed by atoms with Gasteiger partial charge in [-0.2, -0.15) is 4.31 Å². The molecule has 2 rings (SSSR count). The highest BCUT2D eigenvalue weighted by Crippen LogP contribution is 2.20. The van der Waals surface area contributed by atoms with E-state index in [0.717, 1.165) is 5.56 Å². The quantitative estimate of drug-likeness (QED) is 0.856. The molecule has 1 heterocycles. The minimum atomic E-state index is -3.49. The Morgan fingerprint density at radius 3 is 2.32 bits per heavy atom. The van der Waals surface area contributed by atoms with Crippen LogP contribution in [0.3, 0.4) is 0 Å². The maximum atomic E-state index is 12.3. The van der Waals surface area contributed by atoms with Crippen LogP contribution in [0.15, 0.2) is 50.4 Å². The zero-order chi connectivity index (χ0) is 14.0. The number of benzene rings is 1. The molecule has 0 aliphatic heterocycles. The van der Waals surface area contributed by atoms with E-state index in [4.69, 9.17) is 4.42 Å². The Morgan fingerprint density at radius 2 is 1.79 bits per heavy atom. The van der Waals surface area contributed by atoms with Crippen LogP contribution in [-0.4, -0.2) is 19.8 Å². The van der Waals surface area contributed by atoms with Gasteiger partial charge in [-0.3, -0.25) is 0 Å². The molecule has 0 N–H and O–H groups in total. The lowest BCUT2D eigenvalue weighted by Gasteiger charge is -2.16. The first kappa shape index (κ1) is 14.3. The first-order valence-electron chi connectivity index (χ1n) is 5.67. The summed E-state index contributed by atoms with van der Waals surface area (Å²) in [4.78, 5) is 0.284. The number of nitrogens with zero attached hydrogens (tertiary/aromatic N) is 1. The van der Waals surface area contributed by atoms with Crippen molar-refractivity contribution >= 4 is 26.0 Å². The molecule has 0 aliphatic rings. The van der Waals surface area contributed by atoms with Crippen LogP contribution in [0.5, 0.6) is 0 Å². The topological polar surface area (TPSA) is 50.5 Å². The third-order valence-corrected chi connectivity index (χ3v) is 4.98. The molecule has 0 unspecified atom stereocenters. The summed E-state index contributed by atoms with van der Waals surface area (Å²) in [7, 11) is -1.95. The SMILES string of the molecule is Cc1ccc(S(=O)(=O)N(C)Cc2ccc(Br)o2)cc1. The molecule has 0 amide bonds. The van der Waals surface area contributed by atoms with Crippen molar-refractivity contribution in [2.45, 2.75) is 18.4 Å². The molecule has 0 bridgehead atoms. The molecule has 4 nitrogen and oxygen atoms in total. The van der Waals surface area contributed by atoms with Crippen LogP contribution >= 0.6 is 15.9 Å². The molecule has 102 valence electrons. The Hall–Kier alpha value is -1.11. The third-order valence-electron chi connectivity index (χ3n) is 2.74. The highest BCUT2D eigenvalue weighted by atomic mass is 79.9. The van der Waals surface area contributed by atoms with Gasteiger partial charge in [-0.1, -0.05) is 17.7 Å². The van der Waals surface area contributed by atoms with Crippen LogP contribution in [0.2, 0.25) is 0 Å². The second kappa shape index (κ2) is 5.48. The maximum absolute atomic E-state index is 12.3. The molecule has 0 fully saturated rings. The summed E-state index contributed by atoms with van der Waals surface area (Å²) in [5.74, 6) is 0.588. The molecule has 19 heavy (non-hydrogen) atoms. The van der Waals surface area contributed by atoms with E-state index in [0.29, 0.717) is 10.4 Å². The van der Waals surface area contributed by atoms with Crippen LogP contribution in [-0.2, 0) is 16.6 Å². The fourth-order valence-corrected chi connectivity index (χ4v) is 3.11. The van der Waals surface area contributed by atoms with Crippen LogP contribution in [0, 0.1) is 6.92 Å². The predicted molar refractivity (Wildman–Crippen MR) is 76.2 cm³/mol. The summed E-state index contributed by atoms with van der Waals surface area (Å²) < 4.78 is 31.8. The average molecular weight is 344 g/mol. The molecule has 1 aromatic heterocycles. The van der Waals surface area contributed by atoms with E-state index in [2.05, 4.69) is 15.9 Å². The van der Waals surface area contributed by atoms with Gasteiger partial charge in [-0.25, -0.2) is 8.42 Å². The van der Waals surface area contributed by atoms with Gasteiger partial charge in [-0.15, -0.1) is 0 Å². The van der Waals surface area contributed by atoms with Crippen molar-refractivity contribution in [1.82, 2.24) is 4.31 Å². The van der Waals surface area contributed by atoms with Gasteiger partial charge in [-0.05, 0) is 47.1 Å². The predicted octanol–water partition coefficient (Wildman–Crippen LogP) is 3.17. The van der Waals surface area contributed by atoms with Crippen molar-refractivity contribution in [2.24, 2.45) is 0 Å². The van der Waals surface area contributed by atoms with Gasteiger partial charge in [0.15, 0.2) is 4.67 Å². The Labute approximate surface area is 121 Å². The largest absolute Gasteiger partial charge is 0.453 e. The smallest absolute Gasteiger partial charge is 0.243 e. The average Bonchev–Trinajstić information content (AvgIpc) is 2.75. The lowest BCUT2D eigenvalue weighted by Crippen LogP contribution is -2.26. The van der Waals surface area contributed by atoms with Crippen molar-refractivity contribution in [3.05, 3.63) is 52.4 Å². The first-order chi connectivity index (χ1) is 8.89. The molecule has 6 heteroatoms. The van der Waals surface area contributed by atoms with Gasteiger partial charge < -0.3 is 4.42 Å². The lowest BCUT2D eigenvalue weighted by atomic mass is 10.2. The van der Waals surface area contributed by atoms with E-state index in [9.17, 15) is 8.42 Å². The van der Waals surface area contributed by atoms with Gasteiger partial charge in [0.25, 0.3) is 0 Å². The zero-order valence-electron chi connectivity index (χ0n) is 10.6. The second-order valence-corrected chi connectivity index (χ2v) is 7.11. The fourth-order valence-electron chi connectivity index (χ4n) is 1.63. The molecular weight excluding hydrogens is 330 g/mol. The molecular formula is C13H14BrNO3S. The van der Waals surface area contributed by atoms with Crippen molar-refractivity contribution in [2.75, 3.05) is 7.05 Å². The lowest BCUT2D eigenvalue weighted by molar-refractivity contribution is 0.398. The van der Waals surface area contributed by atoms with E-state index >= 15 is 0 Å². The summed E-state index contributed by atoms with van der Waals surface area (Å²) in [6.45, 7) is 2.11. The summed E-state index contributed by atoms with van der Waals surface area (Å²) in [5.41, 5.74) is 1.02. The van der Waals surface area contributed by atoms with Crippen LogP contribution in [0.1, 0.15) is 11.3 Å². The standard InChI is InChI=1S/C13H14BrNO3S/c1-10-3-6-12(7-4-10)19(16,17)15(2)9-11-5-8-13(14)18-11/h3-8H,9H2,1-2H3. The van der Waals surface area contributed by atoms with E-state index in [1.165, 1.54) is 11.4 Å². The number of aryl methyl sites for hydroxylation is 1. The number of sulfonamides is 1. The van der Waals surface area contributed by atoms with Crippen molar-refractivity contribution in [3.8, 4) is 0 Å². The van der Waals surface area contributed by atoms with Gasteiger partial charge >= 0.3 is 0 Å². The monoisotopic (exact) mass is 343 g/mol. The molecule has 0 spiro atoms. The molecule has 2 aromatic rings. The third kappa shape index (κ3) is 3.26. The minimum Gasteiger partial charge on any atom is -0.453 e. The first-order valence-corrected chi connectivity index (χ1v) is 7.90. The van der Waals surface area contributed by atoms with Crippen LogP contribution in [0.4, 0.5) is 0 Å². The second-order valence-electron chi connectivity index (χ2n) is 4.28. The Morgan fingerprint density at radius 1 is 1.16 bits per heavy atom. The molecule has 0 radical (unpaired) electrons. The van der Waals surface area contributed by atoms with Gasteiger partial charge in [0.2, 0.25) is 10.0 Å². The fraction of sp³-hybridized carbons (Fsp3) is 0.231. The zero-order valence-corrected chi connectivity index (χ0v) is 13.0. The van der Waals surface area contributed by atoms with E-state index in [1.54, 1.807) is 36.4 Å². The Bertz CT molecular complexity index is 661. The summed E-state index contributed by atoms with van der Waals surface area (Å²) in [6, 6.07) is 10.3. The highest BCUT2D eigenvalue weighted by Gasteiger charge is 2.21. The van der Waals surface area contributed by atoms with Crippen molar-refractivity contribution in [3.63, 3.8) is 0 Å². The highest BCUT2D eigenvalue weighted by molar-refractivity contribution is 9.10. The van der Waals surface area contributed by atoms with Gasteiger partial charge in [0.1, 0.15) is 5.76 Å². The summed E-state index contributed by atoms with van der Waals surface area (Å²) >= 11 is 3.19. The molecule has 1 aromatic carbocycles. The number of hydrogen-bond donors (Lipinski definition) is 0. The maximum Gasteiger partial charge on any atom is 0.243 e. The van der Waals surface area contributed by atoms with Crippen LogP contribution < -0.4 is 0 Å². The Balaban J connectivity index is 2.21. The molecule has 0 aliphatic carbocycles. The molecule has 0 atom stereocenters. The van der Waals surface area contributed by atoms with E-state index in [-0.39, 0.29) is 11.4 Å². The minimum absolute atomic E-state index is 0.196. The number of furan rings is 1. The van der Waals surface area contributed by atoms with Gasteiger partial charge in [0.05, 0.1) is 11.4 Å². The number of rotatable bonds is 4. The summed E-state index contributed by atoms with van der Waals surface area (Å²) in [6.07, 6.45) is 0. The number of halogens is 1. The van der Waals surface area contributed by atoms with Crippen molar-refractivity contribution < 1.29 is 12.8 Å². The normalized spacial score (nSPS) is 12.0. The van der Waals surface area contributed by atoms with Crippen LogP contribution in [0.25, 0.3) is 0 Å². The molecule has 0 saturated heterocycles. The Kier molecular flexibility index (Phi) is 4.13. The molecule has 0 saturated carbocycles. The van der Waals surface area contributed by atoms with E-state index in [1.807, 2.05) is 6.92 Å². The van der Waals surface area contributed by atoms with Gasteiger partial charge in [0, 0.05) is 7.05 Å². The summed E-state index contributed by atoms with van der Waals surface area (Å²) in [5, 5.41) is 0. The number of hydrogen-bond acceptors (Lipinski definition) is 3. The van der Waals surface area contributed by atoms with E-state index < -0.39 is 10.0 Å².